The van der Waals surface area contributed by atoms with Crippen molar-refractivity contribution in [2.75, 3.05) is 5.73 Å². The van der Waals surface area contributed by atoms with Gasteiger partial charge in [0.1, 0.15) is 18.2 Å². The maximum atomic E-state index is 13.4. The first kappa shape index (κ1) is 13.0. The summed E-state index contributed by atoms with van der Waals surface area (Å²) in [5.74, 6) is -2.86. The standard InChI is InChI=1S/C12H11F2N3O2/c1-17-3-2-7(16-17)6-19-12(18)8-4-11(15)10(14)5-9(8)13/h2-5H,6,15H2,1H3. The molecule has 0 amide bonds. The Labute approximate surface area is 107 Å². The molecule has 0 unspecified atom stereocenters. The maximum absolute atomic E-state index is 13.4. The second kappa shape index (κ2) is 5.05. The molecule has 0 saturated heterocycles. The van der Waals surface area contributed by atoms with Gasteiger partial charge in [-0.1, -0.05) is 0 Å². The van der Waals surface area contributed by atoms with E-state index in [-0.39, 0.29) is 12.3 Å². The molecule has 1 aromatic carbocycles. The van der Waals surface area contributed by atoms with Gasteiger partial charge < -0.3 is 10.5 Å². The van der Waals surface area contributed by atoms with Crippen LogP contribution in [0.15, 0.2) is 24.4 Å². The van der Waals surface area contributed by atoms with E-state index in [0.717, 1.165) is 6.07 Å². The molecule has 0 bridgehead atoms. The number of carbonyl (C=O) groups excluding carboxylic acids is 1. The van der Waals surface area contributed by atoms with E-state index in [1.807, 2.05) is 0 Å². The Hall–Kier alpha value is -2.44. The van der Waals surface area contributed by atoms with Gasteiger partial charge in [-0.15, -0.1) is 0 Å². The highest BCUT2D eigenvalue weighted by Gasteiger charge is 2.16. The fourth-order valence-electron chi connectivity index (χ4n) is 1.48. The molecular formula is C12H11F2N3O2. The predicted octanol–water partition coefficient (Wildman–Crippen LogP) is 1.64. The lowest BCUT2D eigenvalue weighted by molar-refractivity contribution is 0.0461. The van der Waals surface area contributed by atoms with Crippen LogP contribution in [0, 0.1) is 11.6 Å². The Morgan fingerprint density at radius 1 is 1.42 bits per heavy atom. The van der Waals surface area contributed by atoms with Crippen molar-refractivity contribution in [3.8, 4) is 0 Å². The van der Waals surface area contributed by atoms with Crippen LogP contribution >= 0.6 is 0 Å². The number of nitrogen functional groups attached to an aromatic ring is 1. The predicted molar refractivity (Wildman–Crippen MR) is 63.1 cm³/mol. The number of carbonyl (C=O) groups is 1. The second-order valence-electron chi connectivity index (χ2n) is 3.91. The topological polar surface area (TPSA) is 70.1 Å². The number of nitrogens with zero attached hydrogens (tertiary/aromatic N) is 2. The van der Waals surface area contributed by atoms with E-state index in [4.69, 9.17) is 10.5 Å². The van der Waals surface area contributed by atoms with Crippen molar-refractivity contribution >= 4 is 11.7 Å². The van der Waals surface area contributed by atoms with Crippen LogP contribution in [0.3, 0.4) is 0 Å². The van der Waals surface area contributed by atoms with Crippen molar-refractivity contribution < 1.29 is 18.3 Å². The van der Waals surface area contributed by atoms with Gasteiger partial charge in [0.25, 0.3) is 0 Å². The first-order valence-corrected chi connectivity index (χ1v) is 5.37. The van der Waals surface area contributed by atoms with Crippen molar-refractivity contribution in [2.45, 2.75) is 6.61 Å². The van der Waals surface area contributed by atoms with Gasteiger partial charge in [-0.2, -0.15) is 5.10 Å². The minimum absolute atomic E-state index is 0.101. The molecule has 0 saturated carbocycles. The van der Waals surface area contributed by atoms with Crippen LogP contribution in [-0.4, -0.2) is 15.7 Å². The van der Waals surface area contributed by atoms with Gasteiger partial charge in [-0.25, -0.2) is 13.6 Å². The summed E-state index contributed by atoms with van der Waals surface area (Å²) in [5, 5.41) is 3.99. The van der Waals surface area contributed by atoms with Gasteiger partial charge in [-0.3, -0.25) is 4.68 Å². The van der Waals surface area contributed by atoms with Crippen molar-refractivity contribution in [1.82, 2.24) is 9.78 Å². The molecule has 0 atom stereocenters. The SMILES string of the molecule is Cn1ccc(COC(=O)c2cc(N)c(F)cc2F)n1. The van der Waals surface area contributed by atoms with Crippen LogP contribution in [0.2, 0.25) is 0 Å². The average molecular weight is 267 g/mol. The van der Waals surface area contributed by atoms with Gasteiger partial charge in [0.05, 0.1) is 16.9 Å². The smallest absolute Gasteiger partial charge is 0.341 e. The number of esters is 1. The molecule has 0 aliphatic rings. The third kappa shape index (κ3) is 2.87. The number of ether oxygens (including phenoxy) is 1. The summed E-state index contributed by atoms with van der Waals surface area (Å²) in [7, 11) is 1.71. The fourth-order valence-corrected chi connectivity index (χ4v) is 1.48. The molecule has 2 aromatic rings. The van der Waals surface area contributed by atoms with Gasteiger partial charge in [0.15, 0.2) is 0 Å². The number of hydrogen-bond acceptors (Lipinski definition) is 4. The number of benzene rings is 1. The number of nitrogens with two attached hydrogens (primary N) is 1. The molecule has 100 valence electrons. The summed E-state index contributed by atoms with van der Waals surface area (Å²) in [4.78, 5) is 11.6. The molecule has 2 N–H and O–H groups in total. The quantitative estimate of drug-likeness (QED) is 0.678. The number of anilines is 1. The van der Waals surface area contributed by atoms with Crippen molar-refractivity contribution in [3.63, 3.8) is 0 Å². The van der Waals surface area contributed by atoms with Gasteiger partial charge in [-0.05, 0) is 12.1 Å². The van der Waals surface area contributed by atoms with Crippen LogP contribution in [0.5, 0.6) is 0 Å². The highest BCUT2D eigenvalue weighted by Crippen LogP contribution is 2.17. The minimum Gasteiger partial charge on any atom is -0.455 e. The molecular weight excluding hydrogens is 256 g/mol. The van der Waals surface area contributed by atoms with Crippen molar-refractivity contribution in [3.05, 3.63) is 47.3 Å². The molecule has 1 aromatic heterocycles. The highest BCUT2D eigenvalue weighted by atomic mass is 19.1. The molecule has 0 spiro atoms. The van der Waals surface area contributed by atoms with E-state index < -0.39 is 23.2 Å². The molecule has 5 nitrogen and oxygen atoms in total. The second-order valence-corrected chi connectivity index (χ2v) is 3.91. The van der Waals surface area contributed by atoms with Crippen molar-refractivity contribution in [2.24, 2.45) is 7.05 Å². The largest absolute Gasteiger partial charge is 0.455 e. The first-order chi connectivity index (χ1) is 8.97. The van der Waals surface area contributed by atoms with Crippen LogP contribution in [0.1, 0.15) is 16.1 Å². The average Bonchev–Trinajstić information content (AvgIpc) is 2.77. The molecule has 19 heavy (non-hydrogen) atoms. The van der Waals surface area contributed by atoms with E-state index in [1.54, 1.807) is 24.0 Å². The van der Waals surface area contributed by atoms with Gasteiger partial charge in [0.2, 0.25) is 0 Å². The molecule has 0 aliphatic heterocycles. The molecule has 7 heteroatoms. The van der Waals surface area contributed by atoms with Crippen LogP contribution in [-0.2, 0) is 18.4 Å². The van der Waals surface area contributed by atoms with Crippen LogP contribution in [0.25, 0.3) is 0 Å². The minimum atomic E-state index is -1.02. The molecule has 0 aliphatic carbocycles. The molecule has 0 radical (unpaired) electrons. The van der Waals surface area contributed by atoms with E-state index in [0.29, 0.717) is 11.8 Å². The Bertz CT molecular complexity index is 625. The van der Waals surface area contributed by atoms with Gasteiger partial charge in [0, 0.05) is 19.3 Å². The number of aromatic nitrogens is 2. The number of halogens is 2. The Kier molecular flexibility index (Phi) is 3.46. The summed E-state index contributed by atoms with van der Waals surface area (Å²) in [5.41, 5.74) is 5.07. The number of hydrogen-bond donors (Lipinski definition) is 1. The van der Waals surface area contributed by atoms with E-state index in [1.165, 1.54) is 0 Å². The fraction of sp³-hybridized carbons (Fsp3) is 0.167. The third-order valence-electron chi connectivity index (χ3n) is 2.43. The lowest BCUT2D eigenvalue weighted by atomic mass is 10.2. The normalized spacial score (nSPS) is 10.5. The maximum Gasteiger partial charge on any atom is 0.341 e. The van der Waals surface area contributed by atoms with E-state index in [9.17, 15) is 13.6 Å². The van der Waals surface area contributed by atoms with Crippen LogP contribution in [0.4, 0.5) is 14.5 Å². The zero-order valence-corrected chi connectivity index (χ0v) is 10.1. The Balaban J connectivity index is 2.10. The summed E-state index contributed by atoms with van der Waals surface area (Å²) in [6, 6.07) is 3.11. The van der Waals surface area contributed by atoms with E-state index >= 15 is 0 Å². The van der Waals surface area contributed by atoms with Crippen molar-refractivity contribution in [1.29, 1.82) is 0 Å². The van der Waals surface area contributed by atoms with Gasteiger partial charge >= 0.3 is 5.97 Å². The number of rotatable bonds is 3. The first-order valence-electron chi connectivity index (χ1n) is 5.37. The molecule has 1 heterocycles. The Morgan fingerprint density at radius 3 is 2.79 bits per heavy atom. The molecule has 0 fully saturated rings. The summed E-state index contributed by atoms with van der Waals surface area (Å²) >= 11 is 0. The summed E-state index contributed by atoms with van der Waals surface area (Å²) in [6.07, 6.45) is 1.68. The Morgan fingerprint density at radius 2 is 2.16 bits per heavy atom. The lowest BCUT2D eigenvalue weighted by Gasteiger charge is -2.05. The summed E-state index contributed by atoms with van der Waals surface area (Å²) < 4.78 is 32.8. The zero-order valence-electron chi connectivity index (χ0n) is 10.1. The highest BCUT2D eigenvalue weighted by molar-refractivity contribution is 5.90. The van der Waals surface area contributed by atoms with Crippen LogP contribution < -0.4 is 5.73 Å². The monoisotopic (exact) mass is 267 g/mol. The third-order valence-corrected chi connectivity index (χ3v) is 2.43. The number of aryl methyl sites for hydroxylation is 1. The zero-order chi connectivity index (χ0) is 14.0. The summed E-state index contributed by atoms with van der Waals surface area (Å²) in [6.45, 7) is -0.101. The molecule has 2 rings (SSSR count). The lowest BCUT2D eigenvalue weighted by Crippen LogP contribution is -2.09. The van der Waals surface area contributed by atoms with E-state index in [2.05, 4.69) is 5.10 Å².